The van der Waals surface area contributed by atoms with Gasteiger partial charge in [0.15, 0.2) is 0 Å². The normalized spacial score (nSPS) is 15.2. The third kappa shape index (κ3) is 3.70. The van der Waals surface area contributed by atoms with Gasteiger partial charge in [-0.1, -0.05) is 35.5 Å². The fraction of sp³-hybridized carbons (Fsp3) is 0.300. The van der Waals surface area contributed by atoms with Gasteiger partial charge in [-0.3, -0.25) is 4.90 Å². The Morgan fingerprint density at radius 1 is 1.00 bits per heavy atom. The van der Waals surface area contributed by atoms with Crippen LogP contribution in [0, 0.1) is 0 Å². The van der Waals surface area contributed by atoms with E-state index in [-0.39, 0.29) is 0 Å². The summed E-state index contributed by atoms with van der Waals surface area (Å²) in [6, 6.07) is 18.2. The van der Waals surface area contributed by atoms with Crippen molar-refractivity contribution >= 4 is 5.69 Å². The second kappa shape index (κ2) is 7.58. The van der Waals surface area contributed by atoms with E-state index in [0.717, 1.165) is 37.5 Å². The van der Waals surface area contributed by atoms with Crippen LogP contribution in [0.3, 0.4) is 0 Å². The summed E-state index contributed by atoms with van der Waals surface area (Å²) in [7, 11) is 1.65. The molecule has 0 atom stereocenters. The molecule has 1 aliphatic heterocycles. The molecule has 1 fully saturated rings. The Balaban J connectivity index is 1.36. The summed E-state index contributed by atoms with van der Waals surface area (Å²) in [5.41, 5.74) is 2.18. The maximum absolute atomic E-state index is 5.45. The highest BCUT2D eigenvalue weighted by Gasteiger charge is 2.19. The lowest BCUT2D eigenvalue weighted by Gasteiger charge is -2.35. The lowest BCUT2D eigenvalue weighted by Crippen LogP contribution is -2.46. The Morgan fingerprint density at radius 2 is 1.81 bits per heavy atom. The number of methoxy groups -OCH3 is 1. The third-order valence-electron chi connectivity index (χ3n) is 4.65. The van der Waals surface area contributed by atoms with E-state index in [4.69, 9.17) is 9.26 Å². The Morgan fingerprint density at radius 3 is 2.58 bits per heavy atom. The second-order valence-electron chi connectivity index (χ2n) is 6.34. The number of benzene rings is 2. The number of para-hydroxylation sites is 1. The summed E-state index contributed by atoms with van der Waals surface area (Å²) in [6.07, 6.45) is 0. The minimum absolute atomic E-state index is 0.599. The first-order chi connectivity index (χ1) is 12.8. The summed E-state index contributed by atoms with van der Waals surface area (Å²) >= 11 is 0. The van der Waals surface area contributed by atoms with Gasteiger partial charge in [-0.15, -0.1) is 0 Å². The lowest BCUT2D eigenvalue weighted by molar-refractivity contribution is 0.215. The van der Waals surface area contributed by atoms with Gasteiger partial charge in [0.1, 0.15) is 5.75 Å². The Bertz CT molecular complexity index is 842. The quantitative estimate of drug-likeness (QED) is 0.705. The first-order valence-electron chi connectivity index (χ1n) is 8.81. The zero-order valence-corrected chi connectivity index (χ0v) is 14.8. The van der Waals surface area contributed by atoms with Gasteiger partial charge in [0.25, 0.3) is 0 Å². The first kappa shape index (κ1) is 16.6. The number of hydrogen-bond acceptors (Lipinski definition) is 6. The molecule has 0 spiro atoms. The Kier molecular flexibility index (Phi) is 4.84. The molecule has 2 aromatic carbocycles. The molecule has 0 N–H and O–H groups in total. The van der Waals surface area contributed by atoms with Crippen molar-refractivity contribution < 1.29 is 9.26 Å². The number of rotatable bonds is 5. The maximum atomic E-state index is 5.45. The molecule has 0 saturated carbocycles. The SMILES string of the molecule is COc1cccc(-c2noc(CN3CCN(c4ccccc4)CC3)n2)c1. The molecule has 4 rings (SSSR count). The molecule has 0 amide bonds. The number of hydrogen-bond donors (Lipinski definition) is 0. The molecule has 0 bridgehead atoms. The van der Waals surface area contributed by atoms with Crippen LogP contribution < -0.4 is 9.64 Å². The number of ether oxygens (including phenoxy) is 1. The van der Waals surface area contributed by atoms with E-state index < -0.39 is 0 Å². The maximum Gasteiger partial charge on any atom is 0.241 e. The molecule has 6 nitrogen and oxygen atoms in total. The van der Waals surface area contributed by atoms with E-state index in [2.05, 4.69) is 50.3 Å². The second-order valence-corrected chi connectivity index (χ2v) is 6.34. The zero-order chi connectivity index (χ0) is 17.8. The third-order valence-corrected chi connectivity index (χ3v) is 4.65. The van der Waals surface area contributed by atoms with Crippen LogP contribution in [0.4, 0.5) is 5.69 Å². The van der Waals surface area contributed by atoms with E-state index in [0.29, 0.717) is 18.3 Å². The van der Waals surface area contributed by atoms with Gasteiger partial charge in [0, 0.05) is 37.4 Å². The van der Waals surface area contributed by atoms with Gasteiger partial charge >= 0.3 is 0 Å². The van der Waals surface area contributed by atoms with Crippen molar-refractivity contribution in [1.29, 1.82) is 0 Å². The minimum atomic E-state index is 0.599. The van der Waals surface area contributed by atoms with E-state index in [9.17, 15) is 0 Å². The van der Waals surface area contributed by atoms with Crippen molar-refractivity contribution in [3.63, 3.8) is 0 Å². The molecular weight excluding hydrogens is 328 g/mol. The molecule has 6 heteroatoms. The average molecular weight is 350 g/mol. The summed E-state index contributed by atoms with van der Waals surface area (Å²) in [6.45, 7) is 4.64. The van der Waals surface area contributed by atoms with Gasteiger partial charge in [-0.2, -0.15) is 4.98 Å². The topological polar surface area (TPSA) is 54.6 Å². The highest BCUT2D eigenvalue weighted by Crippen LogP contribution is 2.22. The van der Waals surface area contributed by atoms with E-state index >= 15 is 0 Å². The molecule has 134 valence electrons. The highest BCUT2D eigenvalue weighted by atomic mass is 16.5. The highest BCUT2D eigenvalue weighted by molar-refractivity contribution is 5.56. The Labute approximate surface area is 153 Å². The number of aromatic nitrogens is 2. The predicted molar refractivity (Wildman–Crippen MR) is 100 cm³/mol. The van der Waals surface area contributed by atoms with E-state index in [1.165, 1.54) is 5.69 Å². The minimum Gasteiger partial charge on any atom is -0.497 e. The smallest absolute Gasteiger partial charge is 0.241 e. The molecule has 26 heavy (non-hydrogen) atoms. The molecular formula is C20H22N4O2. The molecule has 1 saturated heterocycles. The van der Waals surface area contributed by atoms with Crippen LogP contribution in [0.5, 0.6) is 5.75 Å². The fourth-order valence-electron chi connectivity index (χ4n) is 3.19. The number of nitrogens with zero attached hydrogens (tertiary/aromatic N) is 4. The predicted octanol–water partition coefficient (Wildman–Crippen LogP) is 3.07. The number of anilines is 1. The van der Waals surface area contributed by atoms with E-state index in [1.807, 2.05) is 24.3 Å². The van der Waals surface area contributed by atoms with Crippen LogP contribution in [0.25, 0.3) is 11.4 Å². The first-order valence-corrected chi connectivity index (χ1v) is 8.81. The van der Waals surface area contributed by atoms with Crippen LogP contribution in [0.2, 0.25) is 0 Å². The average Bonchev–Trinajstić information content (AvgIpc) is 3.18. The van der Waals surface area contributed by atoms with Crippen molar-refractivity contribution in [3.05, 3.63) is 60.5 Å². The van der Waals surface area contributed by atoms with Crippen molar-refractivity contribution in [1.82, 2.24) is 15.0 Å². The lowest BCUT2D eigenvalue weighted by atomic mass is 10.2. The van der Waals surface area contributed by atoms with Crippen molar-refractivity contribution in [3.8, 4) is 17.1 Å². The molecule has 0 aliphatic carbocycles. The molecule has 0 unspecified atom stereocenters. The molecule has 1 aromatic heterocycles. The van der Waals surface area contributed by atoms with Crippen molar-refractivity contribution in [2.45, 2.75) is 6.54 Å². The summed E-state index contributed by atoms with van der Waals surface area (Å²) in [4.78, 5) is 9.30. The van der Waals surface area contributed by atoms with Crippen LogP contribution in [0.15, 0.2) is 59.1 Å². The van der Waals surface area contributed by atoms with Gasteiger partial charge in [0.2, 0.25) is 11.7 Å². The Hall–Kier alpha value is -2.86. The molecule has 2 heterocycles. The summed E-state index contributed by atoms with van der Waals surface area (Å²) in [5, 5.41) is 4.11. The summed E-state index contributed by atoms with van der Waals surface area (Å²) in [5.74, 6) is 2.03. The summed E-state index contributed by atoms with van der Waals surface area (Å²) < 4.78 is 10.7. The van der Waals surface area contributed by atoms with Crippen LogP contribution in [0.1, 0.15) is 5.89 Å². The van der Waals surface area contributed by atoms with Gasteiger partial charge in [-0.05, 0) is 24.3 Å². The molecule has 0 radical (unpaired) electrons. The van der Waals surface area contributed by atoms with Gasteiger partial charge in [0.05, 0.1) is 13.7 Å². The van der Waals surface area contributed by atoms with E-state index in [1.54, 1.807) is 7.11 Å². The monoisotopic (exact) mass is 350 g/mol. The molecule has 1 aliphatic rings. The van der Waals surface area contributed by atoms with Crippen LogP contribution >= 0.6 is 0 Å². The van der Waals surface area contributed by atoms with Crippen molar-refractivity contribution in [2.75, 3.05) is 38.2 Å². The zero-order valence-electron chi connectivity index (χ0n) is 14.8. The van der Waals surface area contributed by atoms with Gasteiger partial charge < -0.3 is 14.2 Å². The van der Waals surface area contributed by atoms with Crippen LogP contribution in [-0.4, -0.2) is 48.3 Å². The number of piperazine rings is 1. The standard InChI is InChI=1S/C20H22N4O2/c1-25-18-9-5-6-16(14-18)20-21-19(26-22-20)15-23-10-12-24(13-11-23)17-7-3-2-4-8-17/h2-9,14H,10-13,15H2,1H3. The van der Waals surface area contributed by atoms with Crippen molar-refractivity contribution in [2.24, 2.45) is 0 Å². The fourth-order valence-corrected chi connectivity index (χ4v) is 3.19. The largest absolute Gasteiger partial charge is 0.497 e. The molecule has 3 aromatic rings. The van der Waals surface area contributed by atoms with Gasteiger partial charge in [-0.25, -0.2) is 0 Å². The van der Waals surface area contributed by atoms with Crippen LogP contribution in [-0.2, 0) is 6.54 Å².